The van der Waals surface area contributed by atoms with Crippen LogP contribution in [0.3, 0.4) is 0 Å². The molecule has 1 heterocycles. The lowest BCUT2D eigenvalue weighted by Crippen LogP contribution is -2.29. The fourth-order valence-corrected chi connectivity index (χ4v) is 2.17. The van der Waals surface area contributed by atoms with Crippen LogP contribution >= 0.6 is 0 Å². The van der Waals surface area contributed by atoms with Crippen LogP contribution in [0.4, 0.5) is 0 Å². The summed E-state index contributed by atoms with van der Waals surface area (Å²) >= 11 is 0. The van der Waals surface area contributed by atoms with Crippen LogP contribution in [-0.2, 0) is 11.3 Å². The molecule has 21 heavy (non-hydrogen) atoms. The molecule has 0 bridgehead atoms. The zero-order valence-corrected chi connectivity index (χ0v) is 12.9. The molecule has 0 spiro atoms. The molecule has 0 saturated heterocycles. The number of ether oxygens (including phenoxy) is 2. The van der Waals surface area contributed by atoms with Gasteiger partial charge in [-0.3, -0.25) is 4.79 Å². The van der Waals surface area contributed by atoms with Gasteiger partial charge in [-0.25, -0.2) is 0 Å². The fourth-order valence-electron chi connectivity index (χ4n) is 2.17. The Bertz CT molecular complexity index is 477. The summed E-state index contributed by atoms with van der Waals surface area (Å²) in [7, 11) is 2.06. The van der Waals surface area contributed by atoms with Crippen LogP contribution in [0.1, 0.15) is 31.7 Å². The summed E-state index contributed by atoms with van der Waals surface area (Å²) in [5.41, 5.74) is 1.02. The standard InChI is InChI=1S/C16H24N2O3/c1-3-4-8-18(2)9-7-16(19)17-11-13-5-6-14-15(10-13)21-12-20-14/h5-6,10H,3-4,7-9,11-12H2,1-2H3,(H,17,19). The van der Waals surface area contributed by atoms with E-state index in [2.05, 4.69) is 24.2 Å². The normalized spacial score (nSPS) is 12.7. The summed E-state index contributed by atoms with van der Waals surface area (Å²) in [6.45, 7) is 4.81. The minimum atomic E-state index is 0.0796. The van der Waals surface area contributed by atoms with Gasteiger partial charge in [-0.15, -0.1) is 0 Å². The summed E-state index contributed by atoms with van der Waals surface area (Å²) in [5, 5.41) is 2.94. The smallest absolute Gasteiger partial charge is 0.231 e. The molecule has 2 rings (SSSR count). The molecule has 1 aliphatic rings. The van der Waals surface area contributed by atoms with Gasteiger partial charge in [0.25, 0.3) is 0 Å². The van der Waals surface area contributed by atoms with Crippen LogP contribution in [0, 0.1) is 0 Å². The number of hydrogen-bond donors (Lipinski definition) is 1. The highest BCUT2D eigenvalue weighted by molar-refractivity contribution is 5.76. The Balaban J connectivity index is 1.69. The predicted molar refractivity (Wildman–Crippen MR) is 81.4 cm³/mol. The molecule has 1 aliphatic heterocycles. The number of carbonyl (C=O) groups excluding carboxylic acids is 1. The average molecular weight is 292 g/mol. The van der Waals surface area contributed by atoms with Crippen molar-refractivity contribution in [3.05, 3.63) is 23.8 Å². The molecule has 0 saturated carbocycles. The Morgan fingerprint density at radius 1 is 1.29 bits per heavy atom. The number of nitrogens with zero attached hydrogens (tertiary/aromatic N) is 1. The number of unbranched alkanes of at least 4 members (excludes halogenated alkanes) is 1. The van der Waals surface area contributed by atoms with E-state index >= 15 is 0 Å². The Morgan fingerprint density at radius 2 is 2.10 bits per heavy atom. The van der Waals surface area contributed by atoms with Gasteiger partial charge in [-0.2, -0.15) is 0 Å². The number of fused-ring (bicyclic) bond motifs is 1. The highest BCUT2D eigenvalue weighted by Gasteiger charge is 2.13. The van der Waals surface area contributed by atoms with E-state index in [9.17, 15) is 4.79 Å². The van der Waals surface area contributed by atoms with Gasteiger partial charge in [-0.05, 0) is 37.7 Å². The van der Waals surface area contributed by atoms with E-state index in [1.807, 2.05) is 18.2 Å². The maximum Gasteiger partial charge on any atom is 0.231 e. The third-order valence-corrected chi connectivity index (χ3v) is 3.54. The monoisotopic (exact) mass is 292 g/mol. The third kappa shape index (κ3) is 4.93. The third-order valence-electron chi connectivity index (χ3n) is 3.54. The SMILES string of the molecule is CCCCN(C)CCC(=O)NCc1ccc2c(c1)OCO2. The first-order valence-corrected chi connectivity index (χ1v) is 7.53. The van der Waals surface area contributed by atoms with Crippen molar-refractivity contribution >= 4 is 5.91 Å². The molecule has 0 atom stereocenters. The van der Waals surface area contributed by atoms with E-state index in [1.54, 1.807) is 0 Å². The number of amides is 1. The number of carbonyl (C=O) groups is 1. The number of hydrogen-bond acceptors (Lipinski definition) is 4. The van der Waals surface area contributed by atoms with Gasteiger partial charge in [-0.1, -0.05) is 19.4 Å². The molecule has 1 aromatic carbocycles. The van der Waals surface area contributed by atoms with Crippen molar-refractivity contribution in [3.63, 3.8) is 0 Å². The maximum absolute atomic E-state index is 11.8. The lowest BCUT2D eigenvalue weighted by atomic mass is 10.2. The van der Waals surface area contributed by atoms with E-state index < -0.39 is 0 Å². The van der Waals surface area contributed by atoms with Gasteiger partial charge in [0, 0.05) is 19.5 Å². The van der Waals surface area contributed by atoms with Gasteiger partial charge in [0.05, 0.1) is 0 Å². The molecule has 0 unspecified atom stereocenters. The average Bonchev–Trinajstić information content (AvgIpc) is 2.96. The molecular formula is C16H24N2O3. The summed E-state index contributed by atoms with van der Waals surface area (Å²) in [6.07, 6.45) is 2.89. The van der Waals surface area contributed by atoms with Crippen molar-refractivity contribution in [1.29, 1.82) is 0 Å². The second-order valence-electron chi connectivity index (χ2n) is 5.37. The van der Waals surface area contributed by atoms with Crippen LogP contribution in [-0.4, -0.2) is 37.7 Å². The quantitative estimate of drug-likeness (QED) is 0.797. The van der Waals surface area contributed by atoms with E-state index in [4.69, 9.17) is 9.47 Å². The first-order valence-electron chi connectivity index (χ1n) is 7.53. The molecule has 5 heteroatoms. The number of rotatable bonds is 8. The largest absolute Gasteiger partial charge is 0.454 e. The second kappa shape index (κ2) is 7.88. The molecule has 5 nitrogen and oxygen atoms in total. The van der Waals surface area contributed by atoms with Crippen LogP contribution in [0.5, 0.6) is 11.5 Å². The van der Waals surface area contributed by atoms with Crippen LogP contribution < -0.4 is 14.8 Å². The topological polar surface area (TPSA) is 50.8 Å². The minimum Gasteiger partial charge on any atom is -0.454 e. The fraction of sp³-hybridized carbons (Fsp3) is 0.562. The van der Waals surface area contributed by atoms with Gasteiger partial charge in [0.1, 0.15) is 0 Å². The molecule has 1 aromatic rings. The Hall–Kier alpha value is -1.75. The van der Waals surface area contributed by atoms with Gasteiger partial charge in [0.15, 0.2) is 11.5 Å². The molecule has 0 fully saturated rings. The zero-order valence-electron chi connectivity index (χ0n) is 12.9. The van der Waals surface area contributed by atoms with Crippen molar-refractivity contribution in [2.45, 2.75) is 32.7 Å². The molecule has 0 aromatic heterocycles. The summed E-state index contributed by atoms with van der Waals surface area (Å²) < 4.78 is 10.6. The maximum atomic E-state index is 11.8. The minimum absolute atomic E-state index is 0.0796. The summed E-state index contributed by atoms with van der Waals surface area (Å²) in [4.78, 5) is 14.0. The van der Waals surface area contributed by atoms with Crippen molar-refractivity contribution < 1.29 is 14.3 Å². The van der Waals surface area contributed by atoms with E-state index in [-0.39, 0.29) is 12.7 Å². The molecule has 1 amide bonds. The van der Waals surface area contributed by atoms with Crippen LogP contribution in [0.2, 0.25) is 0 Å². The van der Waals surface area contributed by atoms with Gasteiger partial charge < -0.3 is 19.7 Å². The highest BCUT2D eigenvalue weighted by Crippen LogP contribution is 2.32. The molecule has 0 aliphatic carbocycles. The van der Waals surface area contributed by atoms with E-state index in [0.717, 1.165) is 30.2 Å². The molecular weight excluding hydrogens is 268 g/mol. The van der Waals surface area contributed by atoms with E-state index in [1.165, 1.54) is 12.8 Å². The van der Waals surface area contributed by atoms with Gasteiger partial charge >= 0.3 is 0 Å². The Morgan fingerprint density at radius 3 is 2.90 bits per heavy atom. The molecule has 0 radical (unpaired) electrons. The van der Waals surface area contributed by atoms with Gasteiger partial charge in [0.2, 0.25) is 12.7 Å². The number of benzene rings is 1. The van der Waals surface area contributed by atoms with Crippen molar-refractivity contribution in [3.8, 4) is 11.5 Å². The molecule has 1 N–H and O–H groups in total. The highest BCUT2D eigenvalue weighted by atomic mass is 16.7. The van der Waals surface area contributed by atoms with Crippen molar-refractivity contribution in [1.82, 2.24) is 10.2 Å². The van der Waals surface area contributed by atoms with E-state index in [0.29, 0.717) is 13.0 Å². The predicted octanol–water partition coefficient (Wildman–Crippen LogP) is 2.15. The second-order valence-corrected chi connectivity index (χ2v) is 5.37. The van der Waals surface area contributed by atoms with Crippen molar-refractivity contribution in [2.75, 3.05) is 26.9 Å². The first-order chi connectivity index (χ1) is 10.2. The first kappa shape index (κ1) is 15.6. The van der Waals surface area contributed by atoms with Crippen LogP contribution in [0.15, 0.2) is 18.2 Å². The summed E-state index contributed by atoms with van der Waals surface area (Å²) in [6, 6.07) is 5.74. The van der Waals surface area contributed by atoms with Crippen molar-refractivity contribution in [2.24, 2.45) is 0 Å². The zero-order chi connectivity index (χ0) is 15.1. The lowest BCUT2D eigenvalue weighted by molar-refractivity contribution is -0.121. The number of nitrogens with one attached hydrogen (secondary N) is 1. The molecule has 116 valence electrons. The Labute approximate surface area is 126 Å². The van der Waals surface area contributed by atoms with Crippen LogP contribution in [0.25, 0.3) is 0 Å². The Kier molecular flexibility index (Phi) is 5.87. The summed E-state index contributed by atoms with van der Waals surface area (Å²) in [5.74, 6) is 1.60. The lowest BCUT2D eigenvalue weighted by Gasteiger charge is -2.15.